The molecule has 0 unspecified atom stereocenters. The van der Waals surface area contributed by atoms with Crippen LogP contribution in [0.3, 0.4) is 0 Å². The topological polar surface area (TPSA) is 88.9 Å². The van der Waals surface area contributed by atoms with Crippen molar-refractivity contribution in [3.63, 3.8) is 0 Å². The zero-order chi connectivity index (χ0) is 22.6. The quantitative estimate of drug-likeness (QED) is 0.429. The van der Waals surface area contributed by atoms with E-state index in [4.69, 9.17) is 0 Å². The molecule has 0 radical (unpaired) electrons. The van der Waals surface area contributed by atoms with Crippen molar-refractivity contribution < 1.29 is 9.59 Å². The summed E-state index contributed by atoms with van der Waals surface area (Å²) in [4.78, 5) is 25.6. The molecule has 5 rings (SSSR count). The first-order chi connectivity index (χ1) is 16.2. The largest absolute Gasteiger partial charge is 0.322 e. The molecule has 4 aromatic rings. The molecule has 0 saturated carbocycles. The van der Waals surface area contributed by atoms with Crippen molar-refractivity contribution in [3.8, 4) is 11.4 Å². The number of aromatic nitrogens is 3. The summed E-state index contributed by atoms with van der Waals surface area (Å²) in [6, 6.07) is 18.1. The van der Waals surface area contributed by atoms with Crippen LogP contribution in [0, 0.1) is 0 Å². The highest BCUT2D eigenvalue weighted by Gasteiger charge is 2.16. The van der Waals surface area contributed by atoms with Gasteiger partial charge >= 0.3 is 0 Å². The lowest BCUT2D eigenvalue weighted by molar-refractivity contribution is 0.102. The van der Waals surface area contributed by atoms with Crippen LogP contribution in [0.15, 0.2) is 66.0 Å². The number of fused-ring (bicyclic) bond motifs is 1. The first kappa shape index (κ1) is 21.1. The van der Waals surface area contributed by atoms with Crippen LogP contribution in [0.2, 0.25) is 0 Å². The van der Waals surface area contributed by atoms with Crippen molar-refractivity contribution in [3.05, 3.63) is 82.3 Å². The Labute approximate surface area is 195 Å². The number of carbonyl (C=O) groups excluding carboxylic acids is 2. The number of carbonyl (C=O) groups is 2. The third kappa shape index (κ3) is 4.70. The molecule has 1 aliphatic heterocycles. The van der Waals surface area contributed by atoms with Crippen molar-refractivity contribution in [2.45, 2.75) is 32.2 Å². The van der Waals surface area contributed by atoms with Gasteiger partial charge in [0.05, 0.1) is 4.88 Å². The lowest BCUT2D eigenvalue weighted by Gasteiger charge is -2.10. The average Bonchev–Trinajstić information content (AvgIpc) is 3.45. The Balaban J connectivity index is 1.28. The maximum atomic E-state index is 12.8. The van der Waals surface area contributed by atoms with Crippen LogP contribution in [0.4, 0.5) is 11.4 Å². The molecule has 2 aromatic heterocycles. The van der Waals surface area contributed by atoms with Crippen molar-refractivity contribution in [2.75, 3.05) is 10.6 Å². The Morgan fingerprint density at radius 3 is 2.52 bits per heavy atom. The van der Waals surface area contributed by atoms with Crippen LogP contribution < -0.4 is 10.6 Å². The van der Waals surface area contributed by atoms with Gasteiger partial charge in [-0.25, -0.2) is 0 Å². The fourth-order valence-electron chi connectivity index (χ4n) is 3.94. The molecule has 0 bridgehead atoms. The molecule has 0 saturated heterocycles. The Kier molecular flexibility index (Phi) is 5.99. The molecular weight excluding hydrogens is 434 g/mol. The van der Waals surface area contributed by atoms with Crippen molar-refractivity contribution in [2.24, 2.45) is 0 Å². The normalized spacial score (nSPS) is 13.1. The summed E-state index contributed by atoms with van der Waals surface area (Å²) >= 11 is 1.38. The second kappa shape index (κ2) is 9.38. The smallest absolute Gasteiger partial charge is 0.265 e. The van der Waals surface area contributed by atoms with Crippen LogP contribution in [0.25, 0.3) is 11.4 Å². The first-order valence-electron chi connectivity index (χ1n) is 11.0. The van der Waals surface area contributed by atoms with Gasteiger partial charge in [0, 0.05) is 35.5 Å². The molecule has 33 heavy (non-hydrogen) atoms. The Morgan fingerprint density at radius 1 is 0.848 bits per heavy atom. The second-order valence-corrected chi connectivity index (χ2v) is 8.89. The van der Waals surface area contributed by atoms with Gasteiger partial charge in [-0.05, 0) is 60.7 Å². The number of nitrogens with zero attached hydrogens (tertiary/aromatic N) is 3. The van der Waals surface area contributed by atoms with Gasteiger partial charge in [-0.3, -0.25) is 9.59 Å². The van der Waals surface area contributed by atoms with E-state index in [2.05, 4.69) is 25.4 Å². The number of benzene rings is 2. The molecular formula is C25H23N5O2S. The van der Waals surface area contributed by atoms with E-state index in [1.807, 2.05) is 35.7 Å². The molecule has 1 aliphatic rings. The summed E-state index contributed by atoms with van der Waals surface area (Å²) in [7, 11) is 0. The number of aryl methyl sites for hydroxylation is 1. The van der Waals surface area contributed by atoms with Crippen molar-refractivity contribution in [1.29, 1.82) is 0 Å². The standard InChI is InChI=1S/C25H23N5O2S/c31-24(17-10-12-19(13-11-17)26-25(32)21-8-5-15-33-21)27-20-7-4-6-18(16-20)23-29-28-22-9-2-1-3-14-30(22)23/h4-8,10-13,15-16H,1-3,9,14H2,(H,26,32)(H,27,31). The van der Waals surface area contributed by atoms with Crippen LogP contribution >= 0.6 is 11.3 Å². The molecule has 0 aliphatic carbocycles. The number of hydrogen-bond acceptors (Lipinski definition) is 5. The van der Waals surface area contributed by atoms with Gasteiger partial charge in [0.15, 0.2) is 5.82 Å². The van der Waals surface area contributed by atoms with E-state index in [0.717, 1.165) is 43.0 Å². The van der Waals surface area contributed by atoms with Gasteiger partial charge in [0.1, 0.15) is 5.82 Å². The van der Waals surface area contributed by atoms with Crippen LogP contribution in [-0.2, 0) is 13.0 Å². The van der Waals surface area contributed by atoms with Crippen molar-refractivity contribution in [1.82, 2.24) is 14.8 Å². The molecule has 0 atom stereocenters. The minimum atomic E-state index is -0.219. The lowest BCUT2D eigenvalue weighted by atomic mass is 10.1. The molecule has 2 amide bonds. The lowest BCUT2D eigenvalue weighted by Crippen LogP contribution is -2.13. The first-order valence-corrected chi connectivity index (χ1v) is 11.8. The van der Waals surface area contributed by atoms with E-state index < -0.39 is 0 Å². The van der Waals surface area contributed by atoms with E-state index in [9.17, 15) is 9.59 Å². The van der Waals surface area contributed by atoms with Gasteiger partial charge in [0.2, 0.25) is 0 Å². The third-order valence-electron chi connectivity index (χ3n) is 5.64. The predicted molar refractivity (Wildman–Crippen MR) is 130 cm³/mol. The number of anilines is 2. The van der Waals surface area contributed by atoms with E-state index in [-0.39, 0.29) is 11.8 Å². The summed E-state index contributed by atoms with van der Waals surface area (Å²) in [6.45, 7) is 0.920. The van der Waals surface area contributed by atoms with Crippen LogP contribution in [0.1, 0.15) is 45.1 Å². The molecule has 2 aromatic carbocycles. The number of rotatable bonds is 5. The monoisotopic (exact) mass is 457 g/mol. The predicted octanol–water partition coefficient (Wildman–Crippen LogP) is 5.24. The molecule has 2 N–H and O–H groups in total. The van der Waals surface area contributed by atoms with Gasteiger partial charge in [-0.2, -0.15) is 0 Å². The maximum Gasteiger partial charge on any atom is 0.265 e. The highest BCUT2D eigenvalue weighted by atomic mass is 32.1. The van der Waals surface area contributed by atoms with Crippen molar-refractivity contribution >= 4 is 34.5 Å². The van der Waals surface area contributed by atoms with E-state index in [1.165, 1.54) is 17.8 Å². The number of hydrogen-bond donors (Lipinski definition) is 2. The number of thiophene rings is 1. The Bertz CT molecular complexity index is 1280. The summed E-state index contributed by atoms with van der Waals surface area (Å²) in [5, 5.41) is 16.4. The summed E-state index contributed by atoms with van der Waals surface area (Å²) in [6.07, 6.45) is 4.42. The fraction of sp³-hybridized carbons (Fsp3) is 0.200. The molecule has 8 heteroatoms. The SMILES string of the molecule is O=C(Nc1cccc(-c2nnc3n2CCCCC3)c1)c1ccc(NC(=O)c2cccs2)cc1. The molecule has 3 heterocycles. The molecule has 0 spiro atoms. The maximum absolute atomic E-state index is 12.8. The average molecular weight is 458 g/mol. The van der Waals surface area contributed by atoms with Gasteiger partial charge in [-0.15, -0.1) is 21.5 Å². The molecule has 7 nitrogen and oxygen atoms in total. The second-order valence-electron chi connectivity index (χ2n) is 7.95. The van der Waals surface area contributed by atoms with Crippen LogP contribution in [0.5, 0.6) is 0 Å². The Morgan fingerprint density at radius 2 is 1.70 bits per heavy atom. The highest BCUT2D eigenvalue weighted by molar-refractivity contribution is 7.12. The van der Waals surface area contributed by atoms with Gasteiger partial charge in [-0.1, -0.05) is 24.6 Å². The van der Waals surface area contributed by atoms with E-state index in [1.54, 1.807) is 30.3 Å². The number of nitrogens with one attached hydrogen (secondary N) is 2. The molecule has 0 fully saturated rings. The third-order valence-corrected chi connectivity index (χ3v) is 6.51. The number of amides is 2. The van der Waals surface area contributed by atoms with Gasteiger partial charge in [0.25, 0.3) is 11.8 Å². The van der Waals surface area contributed by atoms with Gasteiger partial charge < -0.3 is 15.2 Å². The summed E-state index contributed by atoms with van der Waals surface area (Å²) in [5.74, 6) is 1.49. The highest BCUT2D eigenvalue weighted by Crippen LogP contribution is 2.25. The zero-order valence-corrected chi connectivity index (χ0v) is 18.8. The zero-order valence-electron chi connectivity index (χ0n) is 18.0. The van der Waals surface area contributed by atoms with E-state index >= 15 is 0 Å². The summed E-state index contributed by atoms with van der Waals surface area (Å²) in [5.41, 5.74) is 2.77. The fourth-order valence-corrected chi connectivity index (χ4v) is 4.56. The minimum Gasteiger partial charge on any atom is -0.322 e. The Hall–Kier alpha value is -3.78. The van der Waals surface area contributed by atoms with Crippen LogP contribution in [-0.4, -0.2) is 26.6 Å². The summed E-state index contributed by atoms with van der Waals surface area (Å²) < 4.78 is 2.19. The molecule has 166 valence electrons. The van der Waals surface area contributed by atoms with E-state index in [0.29, 0.717) is 21.8 Å². The minimum absolute atomic E-state index is 0.162.